The summed E-state index contributed by atoms with van der Waals surface area (Å²) in [6.07, 6.45) is 4.16. The van der Waals surface area contributed by atoms with E-state index in [9.17, 15) is 10.1 Å². The molecule has 1 aromatic rings. The van der Waals surface area contributed by atoms with E-state index in [1.165, 1.54) is 0 Å². The predicted octanol–water partition coefficient (Wildman–Crippen LogP) is 4.03. The van der Waals surface area contributed by atoms with Gasteiger partial charge in [-0.3, -0.25) is 4.79 Å². The third-order valence-electron chi connectivity index (χ3n) is 7.14. The zero-order valence-electron chi connectivity index (χ0n) is 17.9. The Morgan fingerprint density at radius 2 is 2.00 bits per heavy atom. The number of nitriles is 1. The average molecular weight is 411 g/mol. The minimum absolute atomic E-state index is 0.00216. The number of hydrogen-bond donors (Lipinski definition) is 0. The number of piperidine rings is 1. The van der Waals surface area contributed by atoms with Gasteiger partial charge in [-0.2, -0.15) is 5.26 Å². The van der Waals surface area contributed by atoms with E-state index in [1.807, 2.05) is 42.5 Å². The predicted molar refractivity (Wildman–Crippen MR) is 113 cm³/mol. The van der Waals surface area contributed by atoms with Gasteiger partial charge in [-0.25, -0.2) is 0 Å². The Labute approximate surface area is 174 Å². The van der Waals surface area contributed by atoms with Crippen molar-refractivity contribution in [3.05, 3.63) is 48.0 Å². The molecule has 1 aromatic carbocycles. The molecular formula is C23H30N2O3Si. The van der Waals surface area contributed by atoms with Crippen molar-refractivity contribution in [2.75, 3.05) is 0 Å². The van der Waals surface area contributed by atoms with Crippen LogP contribution in [0.2, 0.25) is 18.1 Å². The average Bonchev–Trinajstić information content (AvgIpc) is 3.25. The van der Waals surface area contributed by atoms with Crippen LogP contribution in [0.1, 0.15) is 32.8 Å². The Balaban J connectivity index is 1.75. The molecule has 2 saturated heterocycles. The molecule has 1 amide bonds. The monoisotopic (exact) mass is 410 g/mol. The molecule has 29 heavy (non-hydrogen) atoms. The molecule has 2 bridgehead atoms. The fourth-order valence-corrected chi connectivity index (χ4v) is 5.79. The van der Waals surface area contributed by atoms with Crippen LogP contribution in [0.4, 0.5) is 0 Å². The largest absolute Gasteiger partial charge is 0.407 e. The van der Waals surface area contributed by atoms with Crippen LogP contribution in [0.3, 0.4) is 0 Å². The number of likely N-dealkylation sites (tertiary alicyclic amines) is 1. The molecule has 5 nitrogen and oxygen atoms in total. The van der Waals surface area contributed by atoms with E-state index in [0.717, 1.165) is 5.56 Å². The summed E-state index contributed by atoms with van der Waals surface area (Å²) in [5.74, 6) is -0.289. The van der Waals surface area contributed by atoms with Crippen molar-refractivity contribution < 1.29 is 14.0 Å². The van der Waals surface area contributed by atoms with E-state index in [0.29, 0.717) is 13.0 Å². The molecule has 1 spiro atoms. The lowest BCUT2D eigenvalue weighted by Gasteiger charge is -2.52. The summed E-state index contributed by atoms with van der Waals surface area (Å²) in [5, 5.41) is 10.2. The normalized spacial score (nSPS) is 33.7. The molecule has 5 atom stereocenters. The van der Waals surface area contributed by atoms with Crippen LogP contribution in [0.5, 0.6) is 0 Å². The van der Waals surface area contributed by atoms with Crippen LogP contribution in [0.25, 0.3) is 0 Å². The molecule has 2 fully saturated rings. The highest BCUT2D eigenvalue weighted by molar-refractivity contribution is 6.74. The van der Waals surface area contributed by atoms with Crippen LogP contribution in [0, 0.1) is 17.2 Å². The lowest BCUT2D eigenvalue weighted by atomic mass is 9.72. The SMILES string of the molecule is CC(C)(C)[Si](C)(C)O[C@H]1[C@@H](C#N)N(Cc2ccccc2)C(=O)[C@@H]2C[C@H]3C=C[C@]21O3. The summed E-state index contributed by atoms with van der Waals surface area (Å²) >= 11 is 0. The van der Waals surface area contributed by atoms with Gasteiger partial charge in [-0.15, -0.1) is 0 Å². The summed E-state index contributed by atoms with van der Waals surface area (Å²) in [6.45, 7) is 11.4. The zero-order valence-corrected chi connectivity index (χ0v) is 18.9. The molecule has 154 valence electrons. The Hall–Kier alpha value is -1.94. The number of carbonyl (C=O) groups excluding carboxylic acids is 1. The van der Waals surface area contributed by atoms with Crippen molar-refractivity contribution in [3.8, 4) is 6.07 Å². The molecule has 3 aliphatic heterocycles. The van der Waals surface area contributed by atoms with Crippen LogP contribution >= 0.6 is 0 Å². The van der Waals surface area contributed by atoms with Gasteiger partial charge in [0.25, 0.3) is 0 Å². The fraction of sp³-hybridized carbons (Fsp3) is 0.565. The lowest BCUT2D eigenvalue weighted by Crippen LogP contribution is -2.68. The molecule has 3 heterocycles. The van der Waals surface area contributed by atoms with Crippen molar-refractivity contribution in [1.29, 1.82) is 5.26 Å². The number of nitrogens with zero attached hydrogens (tertiary/aromatic N) is 2. The Kier molecular flexibility index (Phi) is 4.77. The van der Waals surface area contributed by atoms with E-state index < -0.39 is 26.1 Å². The third-order valence-corrected chi connectivity index (χ3v) is 11.6. The minimum Gasteiger partial charge on any atom is -0.407 e. The molecule has 6 heteroatoms. The molecule has 3 aliphatic rings. The number of carbonyl (C=O) groups is 1. The zero-order chi connectivity index (χ0) is 21.0. The smallest absolute Gasteiger partial charge is 0.230 e. The van der Waals surface area contributed by atoms with Crippen molar-refractivity contribution >= 4 is 14.2 Å². The van der Waals surface area contributed by atoms with E-state index in [2.05, 4.69) is 39.9 Å². The minimum atomic E-state index is -2.20. The van der Waals surface area contributed by atoms with E-state index in [4.69, 9.17) is 9.16 Å². The number of amides is 1. The molecule has 4 rings (SSSR count). The molecule has 0 radical (unpaired) electrons. The molecule has 0 aromatic heterocycles. The first-order chi connectivity index (χ1) is 13.6. The van der Waals surface area contributed by atoms with Gasteiger partial charge in [0, 0.05) is 6.54 Å². The summed E-state index contributed by atoms with van der Waals surface area (Å²) < 4.78 is 13.2. The van der Waals surface area contributed by atoms with E-state index in [1.54, 1.807) is 4.90 Å². The summed E-state index contributed by atoms with van der Waals surface area (Å²) in [6, 6.07) is 11.6. The maximum Gasteiger partial charge on any atom is 0.230 e. The second-order valence-electron chi connectivity index (χ2n) is 9.98. The molecule has 0 unspecified atom stereocenters. The molecule has 0 N–H and O–H groups in total. The first kappa shape index (κ1) is 20.3. The summed E-state index contributed by atoms with van der Waals surface area (Å²) in [5.41, 5.74) is 0.202. The Morgan fingerprint density at radius 1 is 1.31 bits per heavy atom. The highest BCUT2D eigenvalue weighted by atomic mass is 28.4. The van der Waals surface area contributed by atoms with Gasteiger partial charge in [0.2, 0.25) is 5.91 Å². The maximum atomic E-state index is 13.5. The quantitative estimate of drug-likeness (QED) is 0.555. The van der Waals surface area contributed by atoms with Crippen molar-refractivity contribution in [1.82, 2.24) is 4.90 Å². The maximum absolute atomic E-state index is 13.5. The number of hydrogen-bond acceptors (Lipinski definition) is 4. The molecule has 0 saturated carbocycles. The van der Waals surface area contributed by atoms with Gasteiger partial charge in [0.1, 0.15) is 17.7 Å². The van der Waals surface area contributed by atoms with Crippen molar-refractivity contribution in [3.63, 3.8) is 0 Å². The topological polar surface area (TPSA) is 62.6 Å². The second kappa shape index (κ2) is 6.80. The van der Waals surface area contributed by atoms with E-state index >= 15 is 0 Å². The number of fused-ring (bicyclic) bond motifs is 1. The highest BCUT2D eigenvalue weighted by Gasteiger charge is 2.66. The highest BCUT2D eigenvalue weighted by Crippen LogP contribution is 2.53. The van der Waals surface area contributed by atoms with Gasteiger partial charge >= 0.3 is 0 Å². The van der Waals surface area contributed by atoms with Gasteiger partial charge in [0.05, 0.1) is 18.1 Å². The Morgan fingerprint density at radius 3 is 2.59 bits per heavy atom. The first-order valence-corrected chi connectivity index (χ1v) is 13.3. The van der Waals surface area contributed by atoms with Gasteiger partial charge in [-0.05, 0) is 30.1 Å². The summed E-state index contributed by atoms with van der Waals surface area (Å²) in [7, 11) is -2.20. The Bertz CT molecular complexity index is 870. The van der Waals surface area contributed by atoms with Gasteiger partial charge in [0.15, 0.2) is 8.32 Å². The van der Waals surface area contributed by atoms with Crippen LogP contribution < -0.4 is 0 Å². The number of benzene rings is 1. The van der Waals surface area contributed by atoms with E-state index in [-0.39, 0.29) is 23.0 Å². The van der Waals surface area contributed by atoms with Crippen LogP contribution in [0.15, 0.2) is 42.5 Å². The molecule has 0 aliphatic carbocycles. The molecular weight excluding hydrogens is 380 g/mol. The standard InChI is InChI=1S/C23H30N2O3Si/c1-22(2,3)29(4,5)28-20-19(14-24)25(15-16-9-7-6-8-10-16)21(26)18-13-17-11-12-23(18,20)27-17/h6-12,17-20H,13,15H2,1-5H3/t17-,18+,19-,20+,23+/m1/s1. The summed E-state index contributed by atoms with van der Waals surface area (Å²) in [4.78, 5) is 15.2. The van der Waals surface area contributed by atoms with Crippen LogP contribution in [-0.2, 0) is 20.5 Å². The second-order valence-corrected chi connectivity index (χ2v) is 14.7. The first-order valence-electron chi connectivity index (χ1n) is 10.4. The van der Waals surface area contributed by atoms with Gasteiger partial charge < -0.3 is 14.1 Å². The van der Waals surface area contributed by atoms with Crippen LogP contribution in [-0.4, -0.2) is 43.0 Å². The van der Waals surface area contributed by atoms with Gasteiger partial charge in [-0.1, -0.05) is 63.3 Å². The third kappa shape index (κ3) is 3.16. The fourth-order valence-electron chi connectivity index (χ4n) is 4.49. The lowest BCUT2D eigenvalue weighted by molar-refractivity contribution is -0.167. The number of rotatable bonds is 4. The van der Waals surface area contributed by atoms with Crippen molar-refractivity contribution in [2.24, 2.45) is 5.92 Å². The van der Waals surface area contributed by atoms with Crippen molar-refractivity contribution in [2.45, 2.75) is 75.7 Å². The number of ether oxygens (including phenoxy) is 1.